The molecule has 0 amide bonds. The van der Waals surface area contributed by atoms with Gasteiger partial charge in [-0.1, -0.05) is 74.7 Å². The van der Waals surface area contributed by atoms with E-state index in [1.807, 2.05) is 12.2 Å². The summed E-state index contributed by atoms with van der Waals surface area (Å²) in [4.78, 5) is 0. The molecular formula is C18H19P. The monoisotopic (exact) mass is 266 g/mol. The van der Waals surface area contributed by atoms with Crippen molar-refractivity contribution in [3.63, 3.8) is 0 Å². The quantitative estimate of drug-likeness (QED) is 0.519. The van der Waals surface area contributed by atoms with Gasteiger partial charge in [0.05, 0.1) is 0 Å². The highest BCUT2D eigenvalue weighted by atomic mass is 31.1. The van der Waals surface area contributed by atoms with E-state index in [0.717, 1.165) is 12.3 Å². The molecule has 0 saturated carbocycles. The Balaban J connectivity index is 2.45. The topological polar surface area (TPSA) is 0 Å². The van der Waals surface area contributed by atoms with E-state index in [1.54, 1.807) is 0 Å². The Bertz CT molecular complexity index is 533. The van der Waals surface area contributed by atoms with Crippen molar-refractivity contribution in [2.45, 2.75) is 0 Å². The molecule has 0 N–H and O–H groups in total. The fourth-order valence-electron chi connectivity index (χ4n) is 2.19. The van der Waals surface area contributed by atoms with E-state index in [-0.39, 0.29) is 7.92 Å². The van der Waals surface area contributed by atoms with Crippen LogP contribution in [0.5, 0.6) is 0 Å². The molecule has 0 heterocycles. The molecule has 2 rings (SSSR count). The molecule has 1 heteroatoms. The maximum Gasteiger partial charge on any atom is -0.0104 e. The Hall–Kier alpha value is -1.65. The minimum Gasteiger partial charge on any atom is -0.103 e. The lowest BCUT2D eigenvalue weighted by Crippen LogP contribution is -2.08. The molecule has 0 fully saturated rings. The van der Waals surface area contributed by atoms with Gasteiger partial charge in [-0.15, -0.1) is 13.2 Å². The standard InChI is InChI=1S/C18H19P/c1-3-14-19(15-4-2)18-13-9-8-12-17(18)16-10-6-5-7-11-16/h3-13H,1-2,14-15H2. The minimum atomic E-state index is -0.236. The second kappa shape index (κ2) is 7.07. The predicted molar refractivity (Wildman–Crippen MR) is 88.6 cm³/mol. The molecule has 19 heavy (non-hydrogen) atoms. The minimum absolute atomic E-state index is 0.236. The molecule has 0 aromatic heterocycles. The first-order valence-corrected chi connectivity index (χ1v) is 8.19. The number of hydrogen-bond acceptors (Lipinski definition) is 0. The van der Waals surface area contributed by atoms with Gasteiger partial charge in [-0.25, -0.2) is 0 Å². The Kier molecular flexibility index (Phi) is 5.12. The molecule has 0 aliphatic carbocycles. The molecule has 0 spiro atoms. The third kappa shape index (κ3) is 3.43. The Morgan fingerprint density at radius 3 is 2.00 bits per heavy atom. The number of rotatable bonds is 6. The van der Waals surface area contributed by atoms with E-state index in [1.165, 1.54) is 16.4 Å². The van der Waals surface area contributed by atoms with E-state index in [0.29, 0.717) is 0 Å². The maximum atomic E-state index is 3.89. The summed E-state index contributed by atoms with van der Waals surface area (Å²) in [5, 5.41) is 1.45. The van der Waals surface area contributed by atoms with Gasteiger partial charge in [-0.05, 0) is 28.8 Å². The van der Waals surface area contributed by atoms with Gasteiger partial charge in [0.25, 0.3) is 0 Å². The van der Waals surface area contributed by atoms with Crippen molar-refractivity contribution in [1.29, 1.82) is 0 Å². The molecule has 0 atom stereocenters. The van der Waals surface area contributed by atoms with Gasteiger partial charge in [-0.2, -0.15) is 0 Å². The van der Waals surface area contributed by atoms with Crippen LogP contribution in [0.4, 0.5) is 0 Å². The highest BCUT2D eigenvalue weighted by Gasteiger charge is 2.12. The van der Waals surface area contributed by atoms with Crippen LogP contribution in [-0.2, 0) is 0 Å². The maximum absolute atomic E-state index is 3.89. The number of benzene rings is 2. The first-order valence-electron chi connectivity index (χ1n) is 6.48. The first kappa shape index (κ1) is 13.8. The van der Waals surface area contributed by atoms with Crippen LogP contribution in [0.1, 0.15) is 0 Å². The van der Waals surface area contributed by atoms with E-state index < -0.39 is 0 Å². The zero-order valence-electron chi connectivity index (χ0n) is 11.1. The molecule has 0 bridgehead atoms. The first-order chi connectivity index (χ1) is 9.36. The second-order valence-electron chi connectivity index (χ2n) is 4.37. The molecule has 0 aliphatic rings. The summed E-state index contributed by atoms with van der Waals surface area (Å²) in [6.07, 6.45) is 6.14. The summed E-state index contributed by atoms with van der Waals surface area (Å²) in [6.45, 7) is 7.79. The van der Waals surface area contributed by atoms with Crippen LogP contribution in [0.3, 0.4) is 0 Å². The number of hydrogen-bond donors (Lipinski definition) is 0. The van der Waals surface area contributed by atoms with Gasteiger partial charge in [0, 0.05) is 0 Å². The van der Waals surface area contributed by atoms with E-state index in [9.17, 15) is 0 Å². The predicted octanol–water partition coefficient (Wildman–Crippen LogP) is 4.83. The lowest BCUT2D eigenvalue weighted by atomic mass is 10.1. The van der Waals surface area contributed by atoms with Crippen LogP contribution in [-0.4, -0.2) is 12.3 Å². The zero-order chi connectivity index (χ0) is 13.5. The van der Waals surface area contributed by atoms with Gasteiger partial charge >= 0.3 is 0 Å². The van der Waals surface area contributed by atoms with Crippen LogP contribution in [0.25, 0.3) is 11.1 Å². The summed E-state index contributed by atoms with van der Waals surface area (Å²) in [5.74, 6) is 0. The van der Waals surface area contributed by atoms with Crippen molar-refractivity contribution in [3.8, 4) is 11.1 Å². The zero-order valence-corrected chi connectivity index (χ0v) is 12.0. The highest BCUT2D eigenvalue weighted by Crippen LogP contribution is 2.38. The van der Waals surface area contributed by atoms with Crippen molar-refractivity contribution in [3.05, 3.63) is 79.9 Å². The second-order valence-corrected chi connectivity index (χ2v) is 6.66. The van der Waals surface area contributed by atoms with E-state index >= 15 is 0 Å². The molecule has 0 aliphatic heterocycles. The highest BCUT2D eigenvalue weighted by molar-refractivity contribution is 7.66. The largest absolute Gasteiger partial charge is 0.103 e. The molecule has 0 nitrogen and oxygen atoms in total. The Morgan fingerprint density at radius 1 is 0.789 bits per heavy atom. The van der Waals surface area contributed by atoms with Crippen LogP contribution in [0, 0.1) is 0 Å². The van der Waals surface area contributed by atoms with Gasteiger partial charge in [0.15, 0.2) is 0 Å². The van der Waals surface area contributed by atoms with Gasteiger partial charge in [0.1, 0.15) is 0 Å². The van der Waals surface area contributed by atoms with E-state index in [2.05, 4.69) is 67.8 Å². The van der Waals surface area contributed by atoms with Gasteiger partial charge in [-0.3, -0.25) is 0 Å². The molecule has 0 radical (unpaired) electrons. The van der Waals surface area contributed by atoms with Crippen LogP contribution >= 0.6 is 7.92 Å². The third-order valence-electron chi connectivity index (χ3n) is 3.03. The van der Waals surface area contributed by atoms with Crippen molar-refractivity contribution in [2.75, 3.05) is 12.3 Å². The summed E-state index contributed by atoms with van der Waals surface area (Å²) < 4.78 is 0. The molecular weight excluding hydrogens is 247 g/mol. The number of allylic oxidation sites excluding steroid dienone is 2. The van der Waals surface area contributed by atoms with Crippen LogP contribution < -0.4 is 5.30 Å². The molecule has 2 aromatic rings. The fourth-order valence-corrected chi connectivity index (χ4v) is 4.20. The van der Waals surface area contributed by atoms with Crippen molar-refractivity contribution in [1.82, 2.24) is 0 Å². The van der Waals surface area contributed by atoms with Crippen LogP contribution in [0.2, 0.25) is 0 Å². The van der Waals surface area contributed by atoms with Gasteiger partial charge in [0.2, 0.25) is 0 Å². The normalized spacial score (nSPS) is 10.4. The Labute approximate surface area is 117 Å². The summed E-state index contributed by atoms with van der Waals surface area (Å²) in [6, 6.07) is 19.3. The molecule has 2 aromatic carbocycles. The van der Waals surface area contributed by atoms with E-state index in [4.69, 9.17) is 0 Å². The average molecular weight is 266 g/mol. The Morgan fingerprint density at radius 2 is 1.37 bits per heavy atom. The van der Waals surface area contributed by atoms with Crippen molar-refractivity contribution < 1.29 is 0 Å². The molecule has 0 saturated heterocycles. The summed E-state index contributed by atoms with van der Waals surface area (Å²) in [5.41, 5.74) is 2.64. The summed E-state index contributed by atoms with van der Waals surface area (Å²) >= 11 is 0. The average Bonchev–Trinajstić information content (AvgIpc) is 2.48. The fraction of sp³-hybridized carbons (Fsp3) is 0.111. The summed E-state index contributed by atoms with van der Waals surface area (Å²) in [7, 11) is -0.236. The van der Waals surface area contributed by atoms with Gasteiger partial charge < -0.3 is 0 Å². The molecule has 0 unspecified atom stereocenters. The SMILES string of the molecule is C=CCP(CC=C)c1ccccc1-c1ccccc1. The lowest BCUT2D eigenvalue weighted by molar-refractivity contribution is 1.62. The molecule has 96 valence electrons. The van der Waals surface area contributed by atoms with Crippen molar-refractivity contribution >= 4 is 13.2 Å². The third-order valence-corrected chi connectivity index (χ3v) is 5.50. The van der Waals surface area contributed by atoms with Crippen LogP contribution in [0.15, 0.2) is 79.9 Å². The lowest BCUT2D eigenvalue weighted by Gasteiger charge is -2.18. The smallest absolute Gasteiger partial charge is 0.0104 e. The van der Waals surface area contributed by atoms with Crippen molar-refractivity contribution in [2.24, 2.45) is 0 Å².